The average Bonchev–Trinajstić information content (AvgIpc) is 2.28. The number of carbonyl (C=O) groups excluding carboxylic acids is 1. The van der Waals surface area contributed by atoms with Crippen molar-refractivity contribution < 1.29 is 9.18 Å². The molecular weight excluding hydrogens is 233 g/mol. The molecule has 1 aromatic rings. The van der Waals surface area contributed by atoms with Gasteiger partial charge in [0, 0.05) is 19.1 Å². The topological polar surface area (TPSA) is 67.2 Å². The van der Waals surface area contributed by atoms with E-state index in [0.717, 1.165) is 19.4 Å². The summed E-state index contributed by atoms with van der Waals surface area (Å²) in [6, 6.07) is 6.71. The van der Waals surface area contributed by atoms with Crippen molar-refractivity contribution in [3.05, 3.63) is 35.6 Å². The summed E-state index contributed by atoms with van der Waals surface area (Å²) < 4.78 is 12.8. The summed E-state index contributed by atoms with van der Waals surface area (Å²) in [6.45, 7) is 1.27. The van der Waals surface area contributed by atoms with Crippen LogP contribution in [0.2, 0.25) is 0 Å². The molecule has 0 aromatic heterocycles. The van der Waals surface area contributed by atoms with Crippen LogP contribution in [0.5, 0.6) is 0 Å². The number of benzene rings is 1. The van der Waals surface area contributed by atoms with Gasteiger partial charge in [0.15, 0.2) is 0 Å². The van der Waals surface area contributed by atoms with Gasteiger partial charge in [0.2, 0.25) is 0 Å². The van der Waals surface area contributed by atoms with Gasteiger partial charge in [-0.25, -0.2) is 9.18 Å². The highest BCUT2D eigenvalue weighted by Gasteiger charge is 2.29. The summed E-state index contributed by atoms with van der Waals surface area (Å²) in [7, 11) is 0. The zero-order valence-electron chi connectivity index (χ0n) is 10.2. The number of amides is 2. The molecule has 0 bridgehead atoms. The summed E-state index contributed by atoms with van der Waals surface area (Å²) >= 11 is 0. The number of nitrogens with one attached hydrogen (secondary N) is 2. The van der Waals surface area contributed by atoms with E-state index in [1.54, 1.807) is 0 Å². The second-order valence-electron chi connectivity index (χ2n) is 4.66. The first kappa shape index (κ1) is 12.8. The van der Waals surface area contributed by atoms with E-state index >= 15 is 0 Å². The Morgan fingerprint density at radius 3 is 2.56 bits per heavy atom. The van der Waals surface area contributed by atoms with Crippen molar-refractivity contribution in [2.75, 3.05) is 13.1 Å². The molecule has 2 rings (SSSR count). The molecule has 0 aliphatic heterocycles. The molecule has 1 aliphatic carbocycles. The standard InChI is InChI=1S/C13H18FN3O/c14-11-3-1-9(2-4-11)10-7-12(8-10)16-5-6-17-13(15)18/h1-4,10,12,16H,5-8H2,(H3,15,17,18). The molecule has 0 atom stereocenters. The summed E-state index contributed by atoms with van der Waals surface area (Å²) in [6.07, 6.45) is 2.12. The highest BCUT2D eigenvalue weighted by atomic mass is 19.1. The maximum atomic E-state index is 12.8. The summed E-state index contributed by atoms with van der Waals surface area (Å²) in [5.74, 6) is 0.331. The number of urea groups is 1. The molecule has 1 saturated carbocycles. The maximum Gasteiger partial charge on any atom is 0.312 e. The van der Waals surface area contributed by atoms with Crippen molar-refractivity contribution in [1.82, 2.24) is 10.6 Å². The van der Waals surface area contributed by atoms with Crippen molar-refractivity contribution in [1.29, 1.82) is 0 Å². The van der Waals surface area contributed by atoms with Crippen LogP contribution in [0.3, 0.4) is 0 Å². The molecule has 0 saturated heterocycles. The Labute approximate surface area is 106 Å². The van der Waals surface area contributed by atoms with Crippen LogP contribution < -0.4 is 16.4 Å². The SMILES string of the molecule is NC(=O)NCCNC1CC(c2ccc(F)cc2)C1. The molecule has 98 valence electrons. The Morgan fingerprint density at radius 1 is 1.28 bits per heavy atom. The second kappa shape index (κ2) is 5.82. The summed E-state index contributed by atoms with van der Waals surface area (Å²) in [5.41, 5.74) is 6.16. The highest BCUT2D eigenvalue weighted by Crippen LogP contribution is 2.36. The Kier molecular flexibility index (Phi) is 4.15. The average molecular weight is 251 g/mol. The first-order valence-corrected chi connectivity index (χ1v) is 6.17. The van der Waals surface area contributed by atoms with Gasteiger partial charge in [-0.2, -0.15) is 0 Å². The van der Waals surface area contributed by atoms with E-state index in [1.165, 1.54) is 17.7 Å². The van der Waals surface area contributed by atoms with Crippen molar-refractivity contribution in [3.63, 3.8) is 0 Å². The molecule has 0 radical (unpaired) electrons. The van der Waals surface area contributed by atoms with E-state index in [9.17, 15) is 9.18 Å². The molecule has 4 nitrogen and oxygen atoms in total. The first-order chi connectivity index (χ1) is 8.65. The number of hydrogen-bond acceptors (Lipinski definition) is 2. The van der Waals surface area contributed by atoms with E-state index in [1.807, 2.05) is 12.1 Å². The lowest BCUT2D eigenvalue weighted by Gasteiger charge is -2.36. The van der Waals surface area contributed by atoms with Crippen molar-refractivity contribution >= 4 is 6.03 Å². The third-order valence-corrected chi connectivity index (χ3v) is 3.34. The number of rotatable bonds is 5. The van der Waals surface area contributed by atoms with Gasteiger partial charge >= 0.3 is 6.03 Å². The molecule has 5 heteroatoms. The van der Waals surface area contributed by atoms with Crippen LogP contribution in [-0.2, 0) is 0 Å². The smallest absolute Gasteiger partial charge is 0.312 e. The molecule has 1 fully saturated rings. The molecule has 4 N–H and O–H groups in total. The number of halogens is 1. The Balaban J connectivity index is 1.64. The van der Waals surface area contributed by atoms with Crippen LogP contribution in [0.1, 0.15) is 24.3 Å². The zero-order valence-corrected chi connectivity index (χ0v) is 10.2. The fourth-order valence-electron chi connectivity index (χ4n) is 2.25. The van der Waals surface area contributed by atoms with Gasteiger partial charge in [-0.05, 0) is 36.5 Å². The molecule has 0 heterocycles. The molecule has 18 heavy (non-hydrogen) atoms. The minimum absolute atomic E-state index is 0.190. The van der Waals surface area contributed by atoms with Gasteiger partial charge < -0.3 is 16.4 Å². The van der Waals surface area contributed by atoms with Crippen molar-refractivity contribution in [3.8, 4) is 0 Å². The minimum Gasteiger partial charge on any atom is -0.352 e. The lowest BCUT2D eigenvalue weighted by molar-refractivity contribution is 0.247. The third kappa shape index (κ3) is 3.43. The van der Waals surface area contributed by atoms with Gasteiger partial charge in [0.05, 0.1) is 0 Å². The van der Waals surface area contributed by atoms with Gasteiger partial charge in [0.25, 0.3) is 0 Å². The van der Waals surface area contributed by atoms with Gasteiger partial charge in [-0.1, -0.05) is 12.1 Å². The Morgan fingerprint density at radius 2 is 1.94 bits per heavy atom. The van der Waals surface area contributed by atoms with Crippen LogP contribution >= 0.6 is 0 Å². The van der Waals surface area contributed by atoms with E-state index in [-0.39, 0.29) is 5.82 Å². The van der Waals surface area contributed by atoms with E-state index < -0.39 is 6.03 Å². The Hall–Kier alpha value is -1.62. The molecule has 0 unspecified atom stereocenters. The summed E-state index contributed by atoms with van der Waals surface area (Å²) in [4.78, 5) is 10.4. The van der Waals surface area contributed by atoms with Crippen LogP contribution in [0, 0.1) is 5.82 Å². The fraction of sp³-hybridized carbons (Fsp3) is 0.462. The number of nitrogens with two attached hydrogens (primary N) is 1. The molecular formula is C13H18FN3O. The normalized spacial score (nSPS) is 22.3. The largest absolute Gasteiger partial charge is 0.352 e. The van der Waals surface area contributed by atoms with E-state index in [2.05, 4.69) is 10.6 Å². The first-order valence-electron chi connectivity index (χ1n) is 6.17. The number of primary amides is 1. The molecule has 1 aromatic carbocycles. The molecule has 0 spiro atoms. The predicted molar refractivity (Wildman–Crippen MR) is 67.8 cm³/mol. The highest BCUT2D eigenvalue weighted by molar-refractivity contribution is 5.71. The van der Waals surface area contributed by atoms with Gasteiger partial charge in [-0.15, -0.1) is 0 Å². The van der Waals surface area contributed by atoms with Gasteiger partial charge in [0.1, 0.15) is 5.82 Å². The van der Waals surface area contributed by atoms with Crippen molar-refractivity contribution in [2.45, 2.75) is 24.8 Å². The minimum atomic E-state index is -0.491. The van der Waals surface area contributed by atoms with E-state index in [0.29, 0.717) is 18.5 Å². The third-order valence-electron chi connectivity index (χ3n) is 3.34. The van der Waals surface area contributed by atoms with Crippen molar-refractivity contribution in [2.24, 2.45) is 5.73 Å². The maximum absolute atomic E-state index is 12.8. The zero-order chi connectivity index (χ0) is 13.0. The predicted octanol–water partition coefficient (Wildman–Crippen LogP) is 1.33. The fourth-order valence-corrected chi connectivity index (χ4v) is 2.25. The Bertz CT molecular complexity index is 401. The quantitative estimate of drug-likeness (QED) is 0.691. The van der Waals surface area contributed by atoms with Crippen LogP contribution in [-0.4, -0.2) is 25.2 Å². The van der Waals surface area contributed by atoms with Crippen LogP contribution in [0.25, 0.3) is 0 Å². The van der Waals surface area contributed by atoms with Crippen LogP contribution in [0.15, 0.2) is 24.3 Å². The second-order valence-corrected chi connectivity index (χ2v) is 4.66. The lowest BCUT2D eigenvalue weighted by atomic mass is 9.76. The monoisotopic (exact) mass is 251 g/mol. The summed E-state index contributed by atoms with van der Waals surface area (Å²) in [5, 5.41) is 5.87. The lowest BCUT2D eigenvalue weighted by Crippen LogP contribution is -2.44. The number of carbonyl (C=O) groups is 1. The van der Waals surface area contributed by atoms with Crippen LogP contribution in [0.4, 0.5) is 9.18 Å². The van der Waals surface area contributed by atoms with Gasteiger partial charge in [-0.3, -0.25) is 0 Å². The van der Waals surface area contributed by atoms with E-state index in [4.69, 9.17) is 5.73 Å². The molecule has 2 amide bonds. The molecule has 1 aliphatic rings. The number of hydrogen-bond donors (Lipinski definition) is 3.